The Morgan fingerprint density at radius 2 is 1.78 bits per heavy atom. The molecule has 1 N–H and O–H groups in total. The van der Waals surface area contributed by atoms with Crippen molar-refractivity contribution in [3.63, 3.8) is 0 Å². The molecular formula is C26H24N2O7S. The maximum atomic E-state index is 13.4. The molecule has 2 heterocycles. The van der Waals surface area contributed by atoms with Crippen molar-refractivity contribution in [2.45, 2.75) is 19.9 Å². The molecule has 10 heteroatoms. The molecule has 0 spiro atoms. The van der Waals surface area contributed by atoms with Crippen molar-refractivity contribution in [1.82, 2.24) is 4.98 Å². The van der Waals surface area contributed by atoms with Crippen LogP contribution >= 0.6 is 11.3 Å². The van der Waals surface area contributed by atoms with Crippen LogP contribution in [-0.4, -0.2) is 48.6 Å². The summed E-state index contributed by atoms with van der Waals surface area (Å²) in [6.45, 7) is 3.49. The second-order valence-corrected chi connectivity index (χ2v) is 8.75. The van der Waals surface area contributed by atoms with Gasteiger partial charge in [-0.1, -0.05) is 29.5 Å². The maximum Gasteiger partial charge on any atom is 0.350 e. The van der Waals surface area contributed by atoms with E-state index in [1.54, 1.807) is 62.4 Å². The Morgan fingerprint density at radius 3 is 2.42 bits per heavy atom. The smallest absolute Gasteiger partial charge is 0.350 e. The van der Waals surface area contributed by atoms with E-state index in [0.717, 1.165) is 11.3 Å². The highest BCUT2D eigenvalue weighted by Gasteiger charge is 2.49. The number of aryl methyl sites for hydroxylation is 1. The number of nitrogens with zero attached hydrogens (tertiary/aromatic N) is 2. The number of anilines is 1. The molecule has 2 aromatic carbocycles. The van der Waals surface area contributed by atoms with Crippen molar-refractivity contribution in [2.75, 3.05) is 25.7 Å². The van der Waals surface area contributed by atoms with Crippen molar-refractivity contribution in [3.05, 3.63) is 75.8 Å². The molecule has 1 atom stereocenters. The topological polar surface area (TPSA) is 115 Å². The highest BCUT2D eigenvalue weighted by Crippen LogP contribution is 2.46. The van der Waals surface area contributed by atoms with Gasteiger partial charge in [0.05, 0.1) is 32.1 Å². The number of para-hydroxylation sites is 1. The van der Waals surface area contributed by atoms with Gasteiger partial charge in [0.15, 0.2) is 5.13 Å². The molecule has 1 fully saturated rings. The summed E-state index contributed by atoms with van der Waals surface area (Å²) in [7, 11) is 2.99. The summed E-state index contributed by atoms with van der Waals surface area (Å²) in [4.78, 5) is 44.9. The number of hydrogen-bond acceptors (Lipinski definition) is 9. The minimum Gasteiger partial charge on any atom is -0.507 e. The van der Waals surface area contributed by atoms with Gasteiger partial charge >= 0.3 is 11.9 Å². The summed E-state index contributed by atoms with van der Waals surface area (Å²) in [5, 5.41) is 11.4. The Hall–Kier alpha value is -4.18. The number of carbonyl (C=O) groups is 3. The Kier molecular flexibility index (Phi) is 7.07. The van der Waals surface area contributed by atoms with Gasteiger partial charge in [-0.2, -0.15) is 0 Å². The van der Waals surface area contributed by atoms with Crippen LogP contribution < -0.4 is 14.4 Å². The molecular weight excluding hydrogens is 484 g/mol. The standard InChI is InChI=1S/C26H24N2O7S/c1-5-35-25(32)23-14(2)27-26(36-23)28-20(17-8-6-7-9-18(17)34-4)19(22(30)24(28)31)21(29)15-10-12-16(33-3)13-11-15/h6-13,20,29H,5H2,1-4H3/t20-/m0/s1. The van der Waals surface area contributed by atoms with Gasteiger partial charge in [-0.05, 0) is 44.2 Å². The highest BCUT2D eigenvalue weighted by molar-refractivity contribution is 7.17. The number of carbonyl (C=O) groups excluding carboxylic acids is 3. The molecule has 1 aliphatic heterocycles. The SMILES string of the molecule is CCOC(=O)c1sc(N2C(=O)C(=O)C(=C(O)c3ccc(OC)cc3)[C@@H]2c2ccccc2OC)nc1C. The van der Waals surface area contributed by atoms with Crippen LogP contribution in [0.15, 0.2) is 54.1 Å². The predicted molar refractivity (Wildman–Crippen MR) is 134 cm³/mol. The van der Waals surface area contributed by atoms with Gasteiger partial charge in [0.25, 0.3) is 5.78 Å². The van der Waals surface area contributed by atoms with Crippen LogP contribution in [0, 0.1) is 6.92 Å². The first-order valence-corrected chi connectivity index (χ1v) is 11.9. The number of thiazole rings is 1. The molecule has 1 saturated heterocycles. The average Bonchev–Trinajstić information content (AvgIpc) is 3.40. The number of benzene rings is 2. The zero-order chi connectivity index (χ0) is 26.0. The van der Waals surface area contributed by atoms with E-state index in [1.165, 1.54) is 19.1 Å². The van der Waals surface area contributed by atoms with Crippen molar-refractivity contribution in [3.8, 4) is 11.5 Å². The van der Waals surface area contributed by atoms with Gasteiger partial charge in [-0.15, -0.1) is 0 Å². The van der Waals surface area contributed by atoms with Crippen molar-refractivity contribution >= 4 is 39.9 Å². The molecule has 4 rings (SSSR count). The third kappa shape index (κ3) is 4.31. The van der Waals surface area contributed by atoms with Gasteiger partial charge < -0.3 is 19.3 Å². The maximum absolute atomic E-state index is 13.4. The number of amides is 1. The van der Waals surface area contributed by atoms with E-state index in [-0.39, 0.29) is 27.9 Å². The lowest BCUT2D eigenvalue weighted by Crippen LogP contribution is -2.29. The van der Waals surface area contributed by atoms with E-state index in [1.807, 2.05) is 0 Å². The largest absolute Gasteiger partial charge is 0.507 e. The number of Topliss-reactive ketones (excluding diaryl/α,β-unsaturated/α-hetero) is 1. The first-order valence-electron chi connectivity index (χ1n) is 11.0. The molecule has 9 nitrogen and oxygen atoms in total. The van der Waals surface area contributed by atoms with Crippen LogP contribution in [0.2, 0.25) is 0 Å². The Bertz CT molecular complexity index is 1360. The van der Waals surface area contributed by atoms with E-state index in [4.69, 9.17) is 14.2 Å². The second kappa shape index (κ2) is 10.2. The first kappa shape index (κ1) is 24.9. The number of ether oxygens (including phenoxy) is 3. The van der Waals surface area contributed by atoms with Gasteiger partial charge in [0, 0.05) is 11.1 Å². The van der Waals surface area contributed by atoms with Crippen molar-refractivity contribution in [1.29, 1.82) is 0 Å². The van der Waals surface area contributed by atoms with E-state index in [9.17, 15) is 19.5 Å². The highest BCUT2D eigenvalue weighted by atomic mass is 32.1. The zero-order valence-electron chi connectivity index (χ0n) is 20.1. The van der Waals surface area contributed by atoms with Gasteiger partial charge in [-0.25, -0.2) is 9.78 Å². The fourth-order valence-electron chi connectivity index (χ4n) is 3.99. The number of aromatic nitrogens is 1. The monoisotopic (exact) mass is 508 g/mol. The number of aliphatic hydroxyl groups is 1. The van der Waals surface area contributed by atoms with E-state index < -0.39 is 23.7 Å². The third-order valence-corrected chi connectivity index (χ3v) is 6.83. The molecule has 0 saturated carbocycles. The van der Waals surface area contributed by atoms with Crippen LogP contribution in [0.4, 0.5) is 5.13 Å². The number of methoxy groups -OCH3 is 2. The Labute approximate surface area is 211 Å². The molecule has 36 heavy (non-hydrogen) atoms. The number of ketones is 1. The first-order chi connectivity index (χ1) is 17.3. The molecule has 1 aromatic heterocycles. The number of aliphatic hydroxyl groups excluding tert-OH is 1. The molecule has 3 aromatic rings. The average molecular weight is 509 g/mol. The van der Waals surface area contributed by atoms with Crippen LogP contribution in [0.1, 0.15) is 39.5 Å². The fraction of sp³-hybridized carbons (Fsp3) is 0.231. The zero-order valence-corrected chi connectivity index (χ0v) is 20.9. The summed E-state index contributed by atoms with van der Waals surface area (Å²) >= 11 is 0.943. The lowest BCUT2D eigenvalue weighted by atomic mass is 9.94. The number of hydrogen-bond donors (Lipinski definition) is 1. The molecule has 1 amide bonds. The summed E-state index contributed by atoms with van der Waals surface area (Å²) in [6.07, 6.45) is 0. The second-order valence-electron chi connectivity index (χ2n) is 7.77. The number of rotatable bonds is 7. The van der Waals surface area contributed by atoms with Gasteiger partial charge in [-0.3, -0.25) is 14.5 Å². The Balaban J connectivity index is 1.93. The third-order valence-electron chi connectivity index (χ3n) is 5.69. The molecule has 0 aliphatic carbocycles. The fourth-order valence-corrected chi connectivity index (χ4v) is 4.98. The van der Waals surface area contributed by atoms with Crippen molar-refractivity contribution in [2.24, 2.45) is 0 Å². The Morgan fingerprint density at radius 1 is 1.08 bits per heavy atom. The van der Waals surface area contributed by atoms with Crippen molar-refractivity contribution < 1.29 is 33.7 Å². The molecule has 1 aliphatic rings. The van der Waals surface area contributed by atoms with Gasteiger partial charge in [0.2, 0.25) is 0 Å². The summed E-state index contributed by atoms with van der Waals surface area (Å²) in [5.74, 6) is -1.71. The molecule has 186 valence electrons. The van der Waals surface area contributed by atoms with Crippen LogP contribution in [0.25, 0.3) is 5.76 Å². The molecule has 0 unspecified atom stereocenters. The number of esters is 1. The lowest BCUT2D eigenvalue weighted by molar-refractivity contribution is -0.132. The summed E-state index contributed by atoms with van der Waals surface area (Å²) < 4.78 is 15.8. The quantitative estimate of drug-likeness (QED) is 0.218. The molecule has 0 bridgehead atoms. The normalized spacial score (nSPS) is 16.8. The van der Waals surface area contributed by atoms with E-state index in [0.29, 0.717) is 28.3 Å². The van der Waals surface area contributed by atoms with Crippen LogP contribution in [-0.2, 0) is 14.3 Å². The molecule has 0 radical (unpaired) electrons. The van der Waals surface area contributed by atoms with E-state index in [2.05, 4.69) is 4.98 Å². The van der Waals surface area contributed by atoms with Gasteiger partial charge in [0.1, 0.15) is 28.2 Å². The summed E-state index contributed by atoms with van der Waals surface area (Å²) in [6, 6.07) is 12.3. The predicted octanol–water partition coefficient (Wildman–Crippen LogP) is 4.27. The van der Waals surface area contributed by atoms with E-state index >= 15 is 0 Å². The summed E-state index contributed by atoms with van der Waals surface area (Å²) in [5.41, 5.74) is 1.04. The minimum atomic E-state index is -1.05. The van der Waals surface area contributed by atoms with Crippen LogP contribution in [0.5, 0.6) is 11.5 Å². The minimum absolute atomic E-state index is 0.125. The lowest BCUT2D eigenvalue weighted by Gasteiger charge is -2.24. The van der Waals surface area contributed by atoms with Crippen LogP contribution in [0.3, 0.4) is 0 Å².